The molecule has 2 fully saturated rings. The van der Waals surface area contributed by atoms with Crippen LogP contribution in [0.4, 0.5) is 0 Å². The van der Waals surface area contributed by atoms with Crippen molar-refractivity contribution in [2.75, 3.05) is 26.3 Å². The Bertz CT molecular complexity index is 714. The van der Waals surface area contributed by atoms with E-state index in [0.29, 0.717) is 19.8 Å². The van der Waals surface area contributed by atoms with Gasteiger partial charge >= 0.3 is 0 Å². The van der Waals surface area contributed by atoms with Crippen LogP contribution < -0.4 is 5.32 Å². The minimum Gasteiger partial charge on any atom is -0.380 e. The quantitative estimate of drug-likeness (QED) is 0.885. The number of amides is 1. The van der Waals surface area contributed by atoms with Crippen molar-refractivity contribution in [3.8, 4) is 0 Å². The molecule has 2 aliphatic heterocycles. The van der Waals surface area contributed by atoms with Crippen LogP contribution in [0.2, 0.25) is 0 Å². The van der Waals surface area contributed by atoms with Gasteiger partial charge in [0.2, 0.25) is 5.91 Å². The Balaban J connectivity index is 1.43. The average Bonchev–Trinajstić information content (AvgIpc) is 3.29. The Hall–Kier alpha value is -1.70. The molecule has 0 radical (unpaired) electrons. The van der Waals surface area contributed by atoms with Crippen LogP contribution in [0.15, 0.2) is 29.9 Å². The molecular weight excluding hydrogens is 324 g/mol. The molecule has 7 heteroatoms. The molecule has 6 nitrogen and oxygen atoms in total. The minimum atomic E-state index is -0.403. The molecule has 1 amide bonds. The van der Waals surface area contributed by atoms with Gasteiger partial charge in [0.15, 0.2) is 0 Å². The summed E-state index contributed by atoms with van der Waals surface area (Å²) in [5.41, 5.74) is 0.784. The second kappa shape index (κ2) is 6.31. The fourth-order valence-electron chi connectivity index (χ4n) is 3.85. The number of hydrogen-bond acceptors (Lipinski definition) is 5. The number of rotatable bonds is 5. The number of thiophene rings is 1. The molecule has 4 heterocycles. The predicted molar refractivity (Wildman–Crippen MR) is 91.4 cm³/mol. The molecule has 0 saturated carbocycles. The molecule has 2 aromatic rings. The van der Waals surface area contributed by atoms with Gasteiger partial charge in [0, 0.05) is 49.2 Å². The standard InChI is InChI=1S/C17H22N4O2S/c1-20-7-13(5-19-20)8-21-9-14-10-23-12-17(14,11-21)16(22)18-6-15-3-2-4-24-15/h2-5,7,14H,6,8-12H2,1H3,(H,18,22)/t14-,17-/m0/s1. The number of carbonyl (C=O) groups is 1. The van der Waals surface area contributed by atoms with E-state index < -0.39 is 5.41 Å². The molecule has 0 unspecified atom stereocenters. The number of carbonyl (C=O) groups excluding carboxylic acids is 1. The number of ether oxygens (including phenoxy) is 1. The molecule has 2 aromatic heterocycles. The summed E-state index contributed by atoms with van der Waals surface area (Å²) in [5, 5.41) is 9.39. The molecule has 2 saturated heterocycles. The van der Waals surface area contributed by atoms with Crippen LogP contribution in [0.5, 0.6) is 0 Å². The summed E-state index contributed by atoms with van der Waals surface area (Å²) in [4.78, 5) is 16.5. The third-order valence-electron chi connectivity index (χ3n) is 5.06. The van der Waals surface area contributed by atoms with Gasteiger partial charge in [0.25, 0.3) is 0 Å². The summed E-state index contributed by atoms with van der Waals surface area (Å²) in [6.45, 7) is 4.30. The Morgan fingerprint density at radius 2 is 2.50 bits per heavy atom. The van der Waals surface area contributed by atoms with Crippen LogP contribution >= 0.6 is 11.3 Å². The highest BCUT2D eigenvalue weighted by molar-refractivity contribution is 7.09. The molecule has 2 aliphatic rings. The second-order valence-corrected chi connectivity index (χ2v) is 7.85. The van der Waals surface area contributed by atoms with Crippen molar-refractivity contribution in [2.24, 2.45) is 18.4 Å². The van der Waals surface area contributed by atoms with Gasteiger partial charge in [-0.25, -0.2) is 0 Å². The van der Waals surface area contributed by atoms with Gasteiger partial charge in [-0.2, -0.15) is 5.10 Å². The van der Waals surface area contributed by atoms with Crippen molar-refractivity contribution in [1.29, 1.82) is 0 Å². The molecule has 0 spiro atoms. The van der Waals surface area contributed by atoms with E-state index in [1.165, 1.54) is 10.4 Å². The van der Waals surface area contributed by atoms with Crippen molar-refractivity contribution in [3.05, 3.63) is 40.3 Å². The lowest BCUT2D eigenvalue weighted by Crippen LogP contribution is -2.46. The molecule has 0 aliphatic carbocycles. The number of nitrogens with one attached hydrogen (secondary N) is 1. The maximum absolute atomic E-state index is 12.9. The van der Waals surface area contributed by atoms with Crippen LogP contribution in [-0.4, -0.2) is 46.9 Å². The first-order valence-corrected chi connectivity index (χ1v) is 9.12. The van der Waals surface area contributed by atoms with Crippen LogP contribution in [-0.2, 0) is 29.7 Å². The van der Waals surface area contributed by atoms with Crippen molar-refractivity contribution in [3.63, 3.8) is 0 Å². The normalized spacial score (nSPS) is 26.6. The number of aryl methyl sites for hydroxylation is 1. The SMILES string of the molecule is Cn1cc(CN2C[C@H]3COC[C@@]3(C(=O)NCc3cccs3)C2)cn1. The highest BCUT2D eigenvalue weighted by atomic mass is 32.1. The van der Waals surface area contributed by atoms with Gasteiger partial charge in [0.1, 0.15) is 0 Å². The molecular formula is C17H22N4O2S. The lowest BCUT2D eigenvalue weighted by molar-refractivity contribution is -0.131. The lowest BCUT2D eigenvalue weighted by Gasteiger charge is -2.26. The Kier molecular flexibility index (Phi) is 4.15. The van der Waals surface area contributed by atoms with E-state index >= 15 is 0 Å². The van der Waals surface area contributed by atoms with Gasteiger partial charge in [-0.05, 0) is 11.4 Å². The first-order valence-electron chi connectivity index (χ1n) is 8.24. The lowest BCUT2D eigenvalue weighted by atomic mass is 9.80. The summed E-state index contributed by atoms with van der Waals surface area (Å²) in [5.74, 6) is 0.407. The van der Waals surface area contributed by atoms with Crippen LogP contribution in [0, 0.1) is 11.3 Å². The monoisotopic (exact) mass is 346 g/mol. The number of hydrogen-bond donors (Lipinski definition) is 1. The molecule has 0 bridgehead atoms. The number of nitrogens with zero attached hydrogens (tertiary/aromatic N) is 3. The average molecular weight is 346 g/mol. The Labute approximate surface area is 145 Å². The number of likely N-dealkylation sites (tertiary alicyclic amines) is 1. The molecule has 24 heavy (non-hydrogen) atoms. The van der Waals surface area contributed by atoms with E-state index in [0.717, 1.165) is 19.6 Å². The van der Waals surface area contributed by atoms with E-state index in [2.05, 4.69) is 21.4 Å². The van der Waals surface area contributed by atoms with Crippen molar-refractivity contribution in [2.45, 2.75) is 13.1 Å². The van der Waals surface area contributed by atoms with Gasteiger partial charge in [0.05, 0.1) is 31.4 Å². The second-order valence-electron chi connectivity index (χ2n) is 6.82. The largest absolute Gasteiger partial charge is 0.380 e. The van der Waals surface area contributed by atoms with Crippen molar-refractivity contribution >= 4 is 17.2 Å². The third-order valence-corrected chi connectivity index (χ3v) is 5.94. The van der Waals surface area contributed by atoms with Gasteiger partial charge in [-0.1, -0.05) is 6.07 Å². The molecule has 1 N–H and O–H groups in total. The third kappa shape index (κ3) is 2.87. The van der Waals surface area contributed by atoms with Gasteiger partial charge in [-0.3, -0.25) is 14.4 Å². The highest BCUT2D eigenvalue weighted by Gasteiger charge is 2.55. The fraction of sp³-hybridized carbons (Fsp3) is 0.529. The van der Waals surface area contributed by atoms with Crippen LogP contribution in [0.25, 0.3) is 0 Å². The van der Waals surface area contributed by atoms with Crippen LogP contribution in [0.1, 0.15) is 10.4 Å². The summed E-state index contributed by atoms with van der Waals surface area (Å²) in [7, 11) is 1.93. The van der Waals surface area contributed by atoms with Gasteiger partial charge < -0.3 is 10.1 Å². The van der Waals surface area contributed by atoms with E-state index in [4.69, 9.17) is 4.74 Å². The maximum Gasteiger partial charge on any atom is 0.230 e. The van der Waals surface area contributed by atoms with E-state index in [9.17, 15) is 4.79 Å². The molecule has 4 rings (SSSR count). The minimum absolute atomic E-state index is 0.132. The summed E-state index contributed by atoms with van der Waals surface area (Å²) in [6.07, 6.45) is 3.93. The number of aromatic nitrogens is 2. The fourth-order valence-corrected chi connectivity index (χ4v) is 4.49. The molecule has 0 aromatic carbocycles. The zero-order valence-corrected chi connectivity index (χ0v) is 14.6. The smallest absolute Gasteiger partial charge is 0.230 e. The summed E-state index contributed by atoms with van der Waals surface area (Å²) < 4.78 is 7.49. The zero-order chi connectivity index (χ0) is 16.6. The van der Waals surface area contributed by atoms with E-state index in [1.807, 2.05) is 35.6 Å². The number of fused-ring (bicyclic) bond motifs is 1. The Morgan fingerprint density at radius 3 is 3.25 bits per heavy atom. The summed E-state index contributed by atoms with van der Waals surface area (Å²) >= 11 is 1.67. The first kappa shape index (κ1) is 15.8. The summed E-state index contributed by atoms with van der Waals surface area (Å²) in [6, 6.07) is 4.06. The zero-order valence-electron chi connectivity index (χ0n) is 13.8. The first-order chi connectivity index (χ1) is 11.7. The highest BCUT2D eigenvalue weighted by Crippen LogP contribution is 2.42. The van der Waals surface area contributed by atoms with Gasteiger partial charge in [-0.15, -0.1) is 11.3 Å². The van der Waals surface area contributed by atoms with Crippen molar-refractivity contribution < 1.29 is 9.53 Å². The molecule has 128 valence electrons. The van der Waals surface area contributed by atoms with E-state index in [1.54, 1.807) is 11.3 Å². The van der Waals surface area contributed by atoms with Crippen molar-refractivity contribution in [1.82, 2.24) is 20.0 Å². The maximum atomic E-state index is 12.9. The Morgan fingerprint density at radius 1 is 1.58 bits per heavy atom. The van der Waals surface area contributed by atoms with Crippen LogP contribution in [0.3, 0.4) is 0 Å². The predicted octanol–water partition coefficient (Wildman–Crippen LogP) is 1.25. The van der Waals surface area contributed by atoms with E-state index in [-0.39, 0.29) is 11.8 Å². The molecule has 2 atom stereocenters. The topological polar surface area (TPSA) is 59.4 Å².